The molecule has 1 aromatic carbocycles. The summed E-state index contributed by atoms with van der Waals surface area (Å²) in [5, 5.41) is 4.33. The van der Waals surface area contributed by atoms with Crippen LogP contribution < -0.4 is 10.6 Å². The molecule has 2 unspecified atom stereocenters. The third-order valence-corrected chi connectivity index (χ3v) is 5.60. The van der Waals surface area contributed by atoms with Crippen molar-refractivity contribution < 1.29 is 4.79 Å². The van der Waals surface area contributed by atoms with Crippen LogP contribution >= 0.6 is 11.3 Å². The molecule has 2 N–H and O–H groups in total. The zero-order chi connectivity index (χ0) is 15.8. The van der Waals surface area contributed by atoms with Crippen LogP contribution in [0, 0.1) is 5.92 Å². The lowest BCUT2D eigenvalue weighted by atomic mass is 9.94. The molecule has 2 aromatic heterocycles. The van der Waals surface area contributed by atoms with Crippen molar-refractivity contribution in [2.75, 3.05) is 18.0 Å². The number of nitrogens with two attached hydrogens (primary N) is 1. The predicted octanol–water partition coefficient (Wildman–Crippen LogP) is 3.00. The Morgan fingerprint density at radius 2 is 2.13 bits per heavy atom. The number of fused-ring (bicyclic) bond motifs is 1. The lowest BCUT2D eigenvalue weighted by molar-refractivity contribution is -0.121. The number of pyridine rings is 1. The van der Waals surface area contributed by atoms with Gasteiger partial charge >= 0.3 is 0 Å². The Bertz CT molecular complexity index is 841. The lowest BCUT2D eigenvalue weighted by Crippen LogP contribution is -2.29. The van der Waals surface area contributed by atoms with Crippen molar-refractivity contribution in [1.29, 1.82) is 0 Å². The Balaban J connectivity index is 1.74. The molecule has 0 aliphatic carbocycles. The first-order chi connectivity index (χ1) is 11.2. The highest BCUT2D eigenvalue weighted by molar-refractivity contribution is 7.10. The number of nitrogens with zero attached hydrogens (tertiary/aromatic N) is 2. The first-order valence-electron chi connectivity index (χ1n) is 7.64. The van der Waals surface area contributed by atoms with Crippen LogP contribution in [0.2, 0.25) is 0 Å². The summed E-state index contributed by atoms with van der Waals surface area (Å²) < 4.78 is 0. The molecular weight excluding hydrogens is 306 g/mol. The number of amides is 1. The number of benzene rings is 1. The summed E-state index contributed by atoms with van der Waals surface area (Å²) in [6, 6.07) is 12.4. The van der Waals surface area contributed by atoms with Gasteiger partial charge in [0.25, 0.3) is 0 Å². The highest BCUT2D eigenvalue weighted by Crippen LogP contribution is 2.39. The number of hydrogen-bond donors (Lipinski definition) is 1. The van der Waals surface area contributed by atoms with Crippen LogP contribution in [0.15, 0.2) is 54.2 Å². The second-order valence-corrected chi connectivity index (χ2v) is 6.89. The van der Waals surface area contributed by atoms with Crippen LogP contribution in [-0.2, 0) is 4.79 Å². The summed E-state index contributed by atoms with van der Waals surface area (Å²) in [7, 11) is 0. The molecule has 4 nitrogen and oxygen atoms in total. The monoisotopic (exact) mass is 323 g/mol. The van der Waals surface area contributed by atoms with E-state index in [-0.39, 0.29) is 17.7 Å². The van der Waals surface area contributed by atoms with E-state index in [2.05, 4.69) is 33.5 Å². The number of rotatable bonds is 3. The number of primary amides is 1. The van der Waals surface area contributed by atoms with Gasteiger partial charge in [0.1, 0.15) is 0 Å². The van der Waals surface area contributed by atoms with Crippen molar-refractivity contribution in [2.24, 2.45) is 11.7 Å². The molecule has 23 heavy (non-hydrogen) atoms. The summed E-state index contributed by atoms with van der Waals surface area (Å²) in [6.45, 7) is 1.48. The van der Waals surface area contributed by atoms with Crippen molar-refractivity contribution in [3.8, 4) is 0 Å². The molecule has 0 spiro atoms. The van der Waals surface area contributed by atoms with Gasteiger partial charge in [-0.05, 0) is 23.6 Å². The largest absolute Gasteiger partial charge is 0.370 e. The quantitative estimate of drug-likeness (QED) is 0.806. The topological polar surface area (TPSA) is 59.2 Å². The third-order valence-electron chi connectivity index (χ3n) is 4.59. The molecule has 3 heterocycles. The summed E-state index contributed by atoms with van der Waals surface area (Å²) in [5.74, 6) is -0.192. The summed E-state index contributed by atoms with van der Waals surface area (Å²) in [5.41, 5.74) is 6.82. The number of carbonyl (C=O) groups excluding carboxylic acids is 1. The van der Waals surface area contributed by atoms with E-state index in [0.29, 0.717) is 6.54 Å². The Kier molecular flexibility index (Phi) is 3.50. The van der Waals surface area contributed by atoms with E-state index >= 15 is 0 Å². The fourth-order valence-electron chi connectivity index (χ4n) is 3.46. The molecular formula is C18H17N3OS. The van der Waals surface area contributed by atoms with Crippen molar-refractivity contribution in [2.45, 2.75) is 5.92 Å². The Morgan fingerprint density at radius 3 is 2.91 bits per heavy atom. The van der Waals surface area contributed by atoms with Crippen molar-refractivity contribution in [1.82, 2.24) is 4.98 Å². The van der Waals surface area contributed by atoms with E-state index in [4.69, 9.17) is 5.73 Å². The van der Waals surface area contributed by atoms with Crippen LogP contribution in [0.25, 0.3) is 10.8 Å². The van der Waals surface area contributed by atoms with E-state index in [1.54, 1.807) is 11.3 Å². The first kappa shape index (κ1) is 14.2. The number of carbonyl (C=O) groups is 1. The van der Waals surface area contributed by atoms with E-state index in [1.807, 2.05) is 30.6 Å². The molecule has 1 aliphatic rings. The lowest BCUT2D eigenvalue weighted by Gasteiger charge is -2.20. The van der Waals surface area contributed by atoms with Gasteiger partial charge in [0.2, 0.25) is 5.91 Å². The number of anilines is 1. The zero-order valence-corrected chi connectivity index (χ0v) is 13.4. The van der Waals surface area contributed by atoms with E-state index in [0.717, 1.165) is 23.0 Å². The highest BCUT2D eigenvalue weighted by Gasteiger charge is 2.38. The fraction of sp³-hybridized carbons (Fsp3) is 0.222. The van der Waals surface area contributed by atoms with Gasteiger partial charge in [-0.2, -0.15) is 0 Å². The molecule has 1 aliphatic heterocycles. The van der Waals surface area contributed by atoms with Gasteiger partial charge in [-0.3, -0.25) is 9.78 Å². The zero-order valence-electron chi connectivity index (χ0n) is 12.6. The summed E-state index contributed by atoms with van der Waals surface area (Å²) in [6.07, 6.45) is 3.68. The van der Waals surface area contributed by atoms with Gasteiger partial charge in [0, 0.05) is 52.7 Å². The second-order valence-electron chi connectivity index (χ2n) is 5.91. The van der Waals surface area contributed by atoms with E-state index in [1.165, 1.54) is 4.88 Å². The van der Waals surface area contributed by atoms with Crippen molar-refractivity contribution >= 4 is 33.7 Å². The van der Waals surface area contributed by atoms with Gasteiger partial charge in [-0.25, -0.2) is 0 Å². The van der Waals surface area contributed by atoms with Crippen LogP contribution in [-0.4, -0.2) is 24.0 Å². The number of thiophene rings is 1. The third kappa shape index (κ3) is 2.47. The summed E-state index contributed by atoms with van der Waals surface area (Å²) >= 11 is 1.70. The van der Waals surface area contributed by atoms with Crippen LogP contribution in [0.4, 0.5) is 5.69 Å². The van der Waals surface area contributed by atoms with Gasteiger partial charge in [0.15, 0.2) is 0 Å². The summed E-state index contributed by atoms with van der Waals surface area (Å²) in [4.78, 5) is 19.6. The minimum Gasteiger partial charge on any atom is -0.370 e. The van der Waals surface area contributed by atoms with Crippen molar-refractivity contribution in [3.05, 3.63) is 59.0 Å². The maximum Gasteiger partial charge on any atom is 0.223 e. The maximum atomic E-state index is 11.9. The molecule has 0 radical (unpaired) electrons. The molecule has 2 atom stereocenters. The smallest absolute Gasteiger partial charge is 0.223 e. The minimum absolute atomic E-state index is 0.147. The second kappa shape index (κ2) is 5.66. The normalized spacial score (nSPS) is 21.0. The molecule has 0 bridgehead atoms. The Morgan fingerprint density at radius 1 is 1.22 bits per heavy atom. The van der Waals surface area contributed by atoms with Gasteiger partial charge in [-0.15, -0.1) is 11.3 Å². The average molecular weight is 323 g/mol. The molecule has 1 amide bonds. The average Bonchev–Trinajstić information content (AvgIpc) is 3.23. The maximum absolute atomic E-state index is 11.9. The van der Waals surface area contributed by atoms with Gasteiger partial charge < -0.3 is 10.6 Å². The van der Waals surface area contributed by atoms with Crippen LogP contribution in [0.1, 0.15) is 10.8 Å². The molecule has 1 fully saturated rings. The molecule has 3 aromatic rings. The number of aromatic nitrogens is 1. The minimum atomic E-state index is -0.215. The molecule has 5 heteroatoms. The highest BCUT2D eigenvalue weighted by atomic mass is 32.1. The Hall–Kier alpha value is -2.40. The van der Waals surface area contributed by atoms with E-state index in [9.17, 15) is 4.79 Å². The van der Waals surface area contributed by atoms with Crippen molar-refractivity contribution in [3.63, 3.8) is 0 Å². The predicted molar refractivity (Wildman–Crippen MR) is 93.7 cm³/mol. The van der Waals surface area contributed by atoms with Gasteiger partial charge in [-0.1, -0.05) is 18.2 Å². The first-order valence-corrected chi connectivity index (χ1v) is 8.52. The van der Waals surface area contributed by atoms with Gasteiger partial charge in [0.05, 0.1) is 5.92 Å². The fourth-order valence-corrected chi connectivity index (χ4v) is 4.35. The SMILES string of the molecule is NC(=O)C1CN(c2cccc3cnccc23)CC1c1cccs1. The molecule has 0 saturated carbocycles. The van der Waals surface area contributed by atoms with Crippen LogP contribution in [0.5, 0.6) is 0 Å². The molecule has 4 rings (SSSR count). The Labute approximate surface area is 138 Å². The standard InChI is InChI=1S/C18H17N3OS/c19-18(22)15-11-21(10-14(15)17-5-2-8-23-17)16-4-1-3-12-9-20-7-6-13(12)16/h1-9,14-15H,10-11H2,(H2,19,22). The van der Waals surface area contributed by atoms with Crippen LogP contribution in [0.3, 0.4) is 0 Å². The van der Waals surface area contributed by atoms with E-state index < -0.39 is 0 Å². The molecule has 116 valence electrons. The molecule has 1 saturated heterocycles. The number of hydrogen-bond acceptors (Lipinski definition) is 4.